The average Bonchev–Trinajstić information content (AvgIpc) is 2.83. The van der Waals surface area contributed by atoms with Gasteiger partial charge in [0.1, 0.15) is 17.1 Å². The summed E-state index contributed by atoms with van der Waals surface area (Å²) in [6.07, 6.45) is 0.973. The van der Waals surface area contributed by atoms with Crippen molar-refractivity contribution >= 4 is 23.3 Å². The molecule has 2 aromatic rings. The minimum atomic E-state index is -1.38. The first-order valence-electron chi connectivity index (χ1n) is 5.82. The molecule has 0 atom stereocenters. The van der Waals surface area contributed by atoms with Gasteiger partial charge in [-0.05, 0) is 6.07 Å². The monoisotopic (exact) mass is 308 g/mol. The highest BCUT2D eigenvalue weighted by Gasteiger charge is 2.23. The molecular formula is C12H9FN4O5. The van der Waals surface area contributed by atoms with Gasteiger partial charge in [0.2, 0.25) is 0 Å². The number of nitro groups is 1. The molecule has 0 fully saturated rings. The van der Waals surface area contributed by atoms with Gasteiger partial charge in [-0.3, -0.25) is 19.6 Å². The number of aromatic carboxylic acids is 1. The summed E-state index contributed by atoms with van der Waals surface area (Å²) in [6.45, 7) is 0. The van der Waals surface area contributed by atoms with Crippen LogP contribution in [0.1, 0.15) is 20.8 Å². The number of carbonyl (C=O) groups excluding carboxylic acids is 1. The smallest absolute Gasteiger partial charge is 0.339 e. The molecule has 0 spiro atoms. The van der Waals surface area contributed by atoms with Crippen LogP contribution in [0.5, 0.6) is 0 Å². The van der Waals surface area contributed by atoms with E-state index in [1.807, 2.05) is 0 Å². The minimum Gasteiger partial charge on any atom is -0.478 e. The molecule has 0 aliphatic carbocycles. The van der Waals surface area contributed by atoms with E-state index >= 15 is 0 Å². The summed E-state index contributed by atoms with van der Waals surface area (Å²) in [5.41, 5.74) is -1.53. The predicted molar refractivity (Wildman–Crippen MR) is 71.2 cm³/mol. The van der Waals surface area contributed by atoms with Gasteiger partial charge in [-0.2, -0.15) is 5.10 Å². The van der Waals surface area contributed by atoms with Crippen LogP contribution in [0.3, 0.4) is 0 Å². The first-order valence-corrected chi connectivity index (χ1v) is 5.82. The number of nitro benzene ring substituents is 1. The van der Waals surface area contributed by atoms with Gasteiger partial charge in [-0.25, -0.2) is 9.18 Å². The molecule has 9 nitrogen and oxygen atoms in total. The summed E-state index contributed by atoms with van der Waals surface area (Å²) in [6, 6.07) is 2.61. The van der Waals surface area contributed by atoms with Crippen molar-refractivity contribution in [3.63, 3.8) is 0 Å². The molecule has 0 aliphatic heterocycles. The van der Waals surface area contributed by atoms with E-state index in [0.29, 0.717) is 0 Å². The van der Waals surface area contributed by atoms with E-state index in [2.05, 4.69) is 10.4 Å². The van der Waals surface area contributed by atoms with Crippen LogP contribution in [0.2, 0.25) is 0 Å². The number of benzene rings is 1. The van der Waals surface area contributed by atoms with Gasteiger partial charge in [0.25, 0.3) is 11.6 Å². The molecule has 1 aromatic carbocycles. The Kier molecular flexibility index (Phi) is 3.84. The van der Waals surface area contributed by atoms with Crippen LogP contribution >= 0.6 is 0 Å². The van der Waals surface area contributed by atoms with Gasteiger partial charge >= 0.3 is 5.97 Å². The van der Waals surface area contributed by atoms with Crippen molar-refractivity contribution in [2.24, 2.45) is 7.05 Å². The molecule has 0 aliphatic rings. The fraction of sp³-hybridized carbons (Fsp3) is 0.0833. The number of aromatic nitrogens is 2. The van der Waals surface area contributed by atoms with E-state index in [4.69, 9.17) is 5.11 Å². The van der Waals surface area contributed by atoms with Gasteiger partial charge in [0.05, 0.1) is 16.8 Å². The number of non-ortho nitro benzene ring substituents is 1. The van der Waals surface area contributed by atoms with Crippen LogP contribution in [0.15, 0.2) is 24.4 Å². The van der Waals surface area contributed by atoms with Crippen LogP contribution in [0.4, 0.5) is 15.8 Å². The second-order valence-corrected chi connectivity index (χ2v) is 4.21. The molecule has 2 N–H and O–H groups in total. The van der Waals surface area contributed by atoms with Crippen molar-refractivity contribution in [3.05, 3.63) is 51.6 Å². The Balaban J connectivity index is 2.38. The van der Waals surface area contributed by atoms with Crippen LogP contribution < -0.4 is 5.32 Å². The number of hydrogen-bond donors (Lipinski definition) is 2. The summed E-state index contributed by atoms with van der Waals surface area (Å²) in [4.78, 5) is 33.0. The normalized spacial score (nSPS) is 10.3. The van der Waals surface area contributed by atoms with Crippen LogP contribution in [-0.4, -0.2) is 31.7 Å². The molecule has 1 heterocycles. The Hall–Kier alpha value is -3.30. The van der Waals surface area contributed by atoms with Crippen molar-refractivity contribution in [1.82, 2.24) is 9.78 Å². The second-order valence-electron chi connectivity index (χ2n) is 4.21. The van der Waals surface area contributed by atoms with Crippen LogP contribution in [0.25, 0.3) is 0 Å². The lowest BCUT2D eigenvalue weighted by molar-refractivity contribution is -0.384. The van der Waals surface area contributed by atoms with Gasteiger partial charge < -0.3 is 10.4 Å². The van der Waals surface area contributed by atoms with E-state index in [1.165, 1.54) is 7.05 Å². The van der Waals surface area contributed by atoms with E-state index in [1.54, 1.807) is 0 Å². The van der Waals surface area contributed by atoms with Crippen molar-refractivity contribution in [2.45, 2.75) is 0 Å². The Labute approximate surface area is 122 Å². The number of amides is 1. The van der Waals surface area contributed by atoms with E-state index < -0.39 is 34.0 Å². The third-order valence-electron chi connectivity index (χ3n) is 2.79. The van der Waals surface area contributed by atoms with E-state index in [0.717, 1.165) is 29.1 Å². The zero-order valence-corrected chi connectivity index (χ0v) is 11.1. The predicted octanol–water partition coefficient (Wildman–Crippen LogP) is 1.42. The Morgan fingerprint density at radius 2 is 2.14 bits per heavy atom. The number of nitrogens with one attached hydrogen (secondary N) is 1. The molecule has 0 bridgehead atoms. The molecule has 10 heteroatoms. The number of rotatable bonds is 4. The third kappa shape index (κ3) is 2.75. The average molecular weight is 308 g/mol. The van der Waals surface area contributed by atoms with Gasteiger partial charge in [0.15, 0.2) is 0 Å². The third-order valence-corrected chi connectivity index (χ3v) is 2.79. The first-order chi connectivity index (χ1) is 10.3. The lowest BCUT2D eigenvalue weighted by atomic mass is 10.2. The summed E-state index contributed by atoms with van der Waals surface area (Å²) in [5.74, 6) is -3.22. The zero-order chi connectivity index (χ0) is 16.4. The Morgan fingerprint density at radius 1 is 1.45 bits per heavy atom. The molecule has 1 amide bonds. The van der Waals surface area contributed by atoms with Crippen molar-refractivity contribution in [1.29, 1.82) is 0 Å². The quantitative estimate of drug-likeness (QED) is 0.649. The number of hydrogen-bond acceptors (Lipinski definition) is 5. The maximum atomic E-state index is 13.6. The number of carboxylic acid groups (broad SMARTS) is 1. The first kappa shape index (κ1) is 15.1. The molecule has 0 unspecified atom stereocenters. The molecule has 114 valence electrons. The highest BCUT2D eigenvalue weighted by Crippen LogP contribution is 2.22. The van der Waals surface area contributed by atoms with Gasteiger partial charge in [0, 0.05) is 19.2 Å². The number of anilines is 1. The Morgan fingerprint density at radius 3 is 2.73 bits per heavy atom. The molecule has 0 saturated carbocycles. The van der Waals surface area contributed by atoms with Gasteiger partial charge in [-0.1, -0.05) is 0 Å². The molecule has 22 heavy (non-hydrogen) atoms. The van der Waals surface area contributed by atoms with Crippen molar-refractivity contribution in [3.8, 4) is 0 Å². The number of carbonyl (C=O) groups is 2. The van der Waals surface area contributed by atoms with Crippen LogP contribution in [-0.2, 0) is 7.05 Å². The summed E-state index contributed by atoms with van der Waals surface area (Å²) >= 11 is 0. The summed E-state index contributed by atoms with van der Waals surface area (Å²) in [5, 5.41) is 25.4. The lowest BCUT2D eigenvalue weighted by Crippen LogP contribution is -2.20. The van der Waals surface area contributed by atoms with Crippen molar-refractivity contribution < 1.29 is 24.0 Å². The number of aryl methyl sites for hydroxylation is 1. The summed E-state index contributed by atoms with van der Waals surface area (Å²) < 4.78 is 14.6. The highest BCUT2D eigenvalue weighted by molar-refractivity contribution is 6.09. The minimum absolute atomic E-state index is 0.307. The largest absolute Gasteiger partial charge is 0.478 e. The molecule has 0 saturated heterocycles. The zero-order valence-electron chi connectivity index (χ0n) is 11.1. The second kappa shape index (κ2) is 5.60. The maximum absolute atomic E-state index is 13.6. The Bertz CT molecular complexity index is 786. The van der Waals surface area contributed by atoms with Crippen molar-refractivity contribution in [2.75, 3.05) is 5.32 Å². The SMILES string of the molecule is Cn1ncc(C(=O)O)c1C(=O)Nc1cc([N+](=O)[O-])ccc1F. The lowest BCUT2D eigenvalue weighted by Gasteiger charge is -2.07. The molecule has 2 rings (SSSR count). The van der Waals surface area contributed by atoms with Crippen LogP contribution in [0, 0.1) is 15.9 Å². The standard InChI is InChI=1S/C12H9FN4O5/c1-16-10(7(5-14-16)12(19)20)11(18)15-9-4-6(17(21)22)2-3-8(9)13/h2-5H,1H3,(H,15,18)(H,19,20). The number of nitrogens with zero attached hydrogens (tertiary/aromatic N) is 3. The molecule has 0 radical (unpaired) electrons. The number of carboxylic acids is 1. The topological polar surface area (TPSA) is 127 Å². The van der Waals surface area contributed by atoms with Gasteiger partial charge in [-0.15, -0.1) is 0 Å². The number of halogens is 1. The van der Waals surface area contributed by atoms with E-state index in [9.17, 15) is 24.1 Å². The molecule has 1 aromatic heterocycles. The fourth-order valence-corrected chi connectivity index (χ4v) is 1.77. The fourth-order valence-electron chi connectivity index (χ4n) is 1.77. The highest BCUT2D eigenvalue weighted by atomic mass is 19.1. The van der Waals surface area contributed by atoms with E-state index in [-0.39, 0.29) is 11.3 Å². The molecular weight excluding hydrogens is 299 g/mol. The maximum Gasteiger partial charge on any atom is 0.339 e. The summed E-state index contributed by atoms with van der Waals surface area (Å²) in [7, 11) is 1.34.